The summed E-state index contributed by atoms with van der Waals surface area (Å²) in [4.78, 5) is 31.8. The number of aromatic nitrogens is 1. The molecule has 0 radical (unpaired) electrons. The zero-order chi connectivity index (χ0) is 17.5. The molecule has 0 bridgehead atoms. The zero-order valence-corrected chi connectivity index (χ0v) is 15.2. The molecule has 2 amide bonds. The lowest BCUT2D eigenvalue weighted by Gasteiger charge is -2.22. The lowest BCUT2D eigenvalue weighted by Crippen LogP contribution is -2.39. The van der Waals surface area contributed by atoms with Crippen LogP contribution >= 0.6 is 11.3 Å². The summed E-state index contributed by atoms with van der Waals surface area (Å²) in [5.41, 5.74) is 1.56. The summed E-state index contributed by atoms with van der Waals surface area (Å²) in [7, 11) is 0. The summed E-state index contributed by atoms with van der Waals surface area (Å²) < 4.78 is 0. The molecule has 0 fully saturated rings. The van der Waals surface area contributed by atoms with Crippen molar-refractivity contribution >= 4 is 28.3 Å². The highest BCUT2D eigenvalue weighted by Gasteiger charge is 2.20. The van der Waals surface area contributed by atoms with Crippen molar-refractivity contribution < 1.29 is 9.59 Å². The molecular weight excluding hydrogens is 322 g/mol. The average molecular weight is 345 g/mol. The second-order valence-corrected chi connectivity index (χ2v) is 6.95. The zero-order valence-electron chi connectivity index (χ0n) is 14.3. The van der Waals surface area contributed by atoms with Gasteiger partial charge in [-0.3, -0.25) is 9.59 Å². The Balaban J connectivity index is 2.08. The molecule has 0 saturated carbocycles. The van der Waals surface area contributed by atoms with Gasteiger partial charge in [0.2, 0.25) is 5.91 Å². The van der Waals surface area contributed by atoms with E-state index in [2.05, 4.69) is 17.2 Å². The maximum Gasteiger partial charge on any atom is 0.254 e. The Bertz CT molecular complexity index is 712. The Hall–Kier alpha value is -2.21. The molecule has 6 heteroatoms. The first-order valence-electron chi connectivity index (χ1n) is 8.08. The number of benzene rings is 1. The average Bonchev–Trinajstić information content (AvgIpc) is 2.96. The summed E-state index contributed by atoms with van der Waals surface area (Å²) in [6, 6.07) is 7.46. The van der Waals surface area contributed by atoms with Gasteiger partial charge in [0, 0.05) is 23.2 Å². The topological polar surface area (TPSA) is 62.3 Å². The Kier molecular flexibility index (Phi) is 6.49. The van der Waals surface area contributed by atoms with Crippen LogP contribution in [0.25, 0.3) is 0 Å². The SMILES string of the molecule is CCCCN(CC(=O)Nc1ncc(C)s1)C(=O)c1ccccc1C. The fraction of sp³-hybridized carbons (Fsp3) is 0.389. The third kappa shape index (κ3) is 4.89. The number of hydrogen-bond donors (Lipinski definition) is 1. The summed E-state index contributed by atoms with van der Waals surface area (Å²) in [5.74, 6) is -0.325. The van der Waals surface area contributed by atoms with Crippen molar-refractivity contribution in [2.75, 3.05) is 18.4 Å². The van der Waals surface area contributed by atoms with Crippen molar-refractivity contribution in [1.29, 1.82) is 0 Å². The van der Waals surface area contributed by atoms with Crippen LogP contribution in [0, 0.1) is 13.8 Å². The van der Waals surface area contributed by atoms with Crippen LogP contribution in [0.15, 0.2) is 30.5 Å². The number of nitrogens with one attached hydrogen (secondary N) is 1. The van der Waals surface area contributed by atoms with Crippen LogP contribution in [-0.4, -0.2) is 34.8 Å². The molecule has 0 saturated heterocycles. The van der Waals surface area contributed by atoms with Crippen LogP contribution in [0.5, 0.6) is 0 Å². The molecular formula is C18H23N3O2S. The van der Waals surface area contributed by atoms with Crippen molar-refractivity contribution in [2.45, 2.75) is 33.6 Å². The normalized spacial score (nSPS) is 10.5. The number of aryl methyl sites for hydroxylation is 2. The fourth-order valence-electron chi connectivity index (χ4n) is 2.33. The summed E-state index contributed by atoms with van der Waals surface area (Å²) in [6.45, 7) is 6.50. The molecule has 128 valence electrons. The van der Waals surface area contributed by atoms with Gasteiger partial charge in [-0.2, -0.15) is 0 Å². The molecule has 0 aliphatic carbocycles. The number of carbonyl (C=O) groups is 2. The highest BCUT2D eigenvalue weighted by Crippen LogP contribution is 2.17. The highest BCUT2D eigenvalue weighted by atomic mass is 32.1. The second kappa shape index (κ2) is 8.59. The molecule has 1 N–H and O–H groups in total. The lowest BCUT2D eigenvalue weighted by atomic mass is 10.1. The minimum Gasteiger partial charge on any atom is -0.329 e. The summed E-state index contributed by atoms with van der Waals surface area (Å²) in [6.07, 6.45) is 3.54. The Morgan fingerprint density at radius 2 is 2.00 bits per heavy atom. The van der Waals surface area contributed by atoms with Crippen molar-refractivity contribution in [2.24, 2.45) is 0 Å². The molecule has 24 heavy (non-hydrogen) atoms. The molecule has 5 nitrogen and oxygen atoms in total. The van der Waals surface area contributed by atoms with Gasteiger partial charge < -0.3 is 10.2 Å². The number of amides is 2. The van der Waals surface area contributed by atoms with E-state index in [1.54, 1.807) is 17.2 Å². The minimum absolute atomic E-state index is 0.0335. The summed E-state index contributed by atoms with van der Waals surface area (Å²) >= 11 is 1.42. The van der Waals surface area contributed by atoms with E-state index in [0.29, 0.717) is 17.2 Å². The molecule has 2 aromatic rings. The molecule has 0 unspecified atom stereocenters. The van der Waals surface area contributed by atoms with Gasteiger partial charge in [0.05, 0.1) is 0 Å². The van der Waals surface area contributed by atoms with E-state index in [9.17, 15) is 9.59 Å². The Labute approximate surface area is 146 Å². The number of nitrogens with zero attached hydrogens (tertiary/aromatic N) is 2. The van der Waals surface area contributed by atoms with Crippen LogP contribution in [0.3, 0.4) is 0 Å². The largest absolute Gasteiger partial charge is 0.329 e. The molecule has 1 aromatic carbocycles. The molecule has 0 spiro atoms. The van der Waals surface area contributed by atoms with E-state index in [1.807, 2.05) is 32.0 Å². The van der Waals surface area contributed by atoms with Gasteiger partial charge in [0.15, 0.2) is 5.13 Å². The Morgan fingerprint density at radius 3 is 2.62 bits per heavy atom. The number of thiazole rings is 1. The summed E-state index contributed by atoms with van der Waals surface area (Å²) in [5, 5.41) is 3.33. The Morgan fingerprint density at radius 1 is 1.25 bits per heavy atom. The lowest BCUT2D eigenvalue weighted by molar-refractivity contribution is -0.116. The van der Waals surface area contributed by atoms with Gasteiger partial charge in [0.25, 0.3) is 5.91 Å². The fourth-order valence-corrected chi connectivity index (χ4v) is 3.01. The predicted molar refractivity (Wildman–Crippen MR) is 97.5 cm³/mol. The quantitative estimate of drug-likeness (QED) is 0.833. The number of unbranched alkanes of at least 4 members (excludes halogenated alkanes) is 1. The number of rotatable bonds is 7. The number of hydrogen-bond acceptors (Lipinski definition) is 4. The van der Waals surface area contributed by atoms with E-state index in [-0.39, 0.29) is 18.4 Å². The van der Waals surface area contributed by atoms with Gasteiger partial charge >= 0.3 is 0 Å². The molecule has 0 aliphatic heterocycles. The van der Waals surface area contributed by atoms with Crippen LogP contribution in [0.1, 0.15) is 40.6 Å². The first kappa shape index (κ1) is 18.1. The smallest absolute Gasteiger partial charge is 0.254 e. The monoisotopic (exact) mass is 345 g/mol. The highest BCUT2D eigenvalue weighted by molar-refractivity contribution is 7.15. The molecule has 1 heterocycles. The van der Waals surface area contributed by atoms with E-state index in [1.165, 1.54) is 11.3 Å². The number of carbonyl (C=O) groups excluding carboxylic acids is 2. The minimum atomic E-state index is -0.220. The van der Waals surface area contributed by atoms with Crippen molar-refractivity contribution in [3.05, 3.63) is 46.5 Å². The third-order valence-corrected chi connectivity index (χ3v) is 4.47. The molecule has 0 atom stereocenters. The van der Waals surface area contributed by atoms with E-state index in [4.69, 9.17) is 0 Å². The van der Waals surface area contributed by atoms with E-state index >= 15 is 0 Å². The maximum absolute atomic E-state index is 12.8. The first-order valence-corrected chi connectivity index (χ1v) is 8.90. The molecule has 1 aromatic heterocycles. The van der Waals surface area contributed by atoms with Crippen molar-refractivity contribution in [3.63, 3.8) is 0 Å². The van der Waals surface area contributed by atoms with Crippen molar-refractivity contribution in [1.82, 2.24) is 9.88 Å². The van der Waals surface area contributed by atoms with Crippen LogP contribution in [-0.2, 0) is 4.79 Å². The standard InChI is InChI=1S/C18H23N3O2S/c1-4-5-10-21(17(23)15-9-7-6-8-13(15)2)12-16(22)20-18-19-11-14(3)24-18/h6-9,11H,4-5,10,12H2,1-3H3,(H,19,20,22). The van der Waals surface area contributed by atoms with E-state index in [0.717, 1.165) is 23.3 Å². The van der Waals surface area contributed by atoms with Gasteiger partial charge in [-0.05, 0) is 31.9 Å². The van der Waals surface area contributed by atoms with Crippen LogP contribution in [0.2, 0.25) is 0 Å². The van der Waals surface area contributed by atoms with Crippen LogP contribution < -0.4 is 5.32 Å². The predicted octanol–water partition coefficient (Wildman–Crippen LogP) is 3.64. The second-order valence-electron chi connectivity index (χ2n) is 5.72. The van der Waals surface area contributed by atoms with Gasteiger partial charge in [-0.15, -0.1) is 11.3 Å². The first-order chi connectivity index (χ1) is 11.5. The van der Waals surface area contributed by atoms with E-state index < -0.39 is 0 Å². The van der Waals surface area contributed by atoms with Crippen molar-refractivity contribution in [3.8, 4) is 0 Å². The molecule has 2 rings (SSSR count). The third-order valence-electron chi connectivity index (χ3n) is 3.65. The number of anilines is 1. The van der Waals surface area contributed by atoms with Gasteiger partial charge in [-0.25, -0.2) is 4.98 Å². The molecule has 0 aliphatic rings. The maximum atomic E-state index is 12.8. The van der Waals surface area contributed by atoms with Crippen LogP contribution in [0.4, 0.5) is 5.13 Å². The van der Waals surface area contributed by atoms with Gasteiger partial charge in [-0.1, -0.05) is 31.5 Å². The van der Waals surface area contributed by atoms with Gasteiger partial charge in [0.1, 0.15) is 6.54 Å².